The van der Waals surface area contributed by atoms with Gasteiger partial charge in [-0.05, 0) is 47.4 Å². The van der Waals surface area contributed by atoms with E-state index in [1.807, 2.05) is 66.7 Å². The van der Waals surface area contributed by atoms with Crippen LogP contribution in [0, 0.1) is 0 Å². The van der Waals surface area contributed by atoms with Crippen LogP contribution >= 0.6 is 0 Å². The van der Waals surface area contributed by atoms with Gasteiger partial charge in [-0.15, -0.1) is 0 Å². The lowest BCUT2D eigenvalue weighted by Gasteiger charge is -2.10. The van der Waals surface area contributed by atoms with Crippen molar-refractivity contribution in [2.24, 2.45) is 0 Å². The van der Waals surface area contributed by atoms with Crippen LogP contribution in [0.1, 0.15) is 23.1 Å². The smallest absolute Gasteiger partial charge is 0.305 e. The Morgan fingerprint density at radius 1 is 0.724 bits per heavy atom. The molecule has 4 nitrogen and oxygen atoms in total. The Hall–Kier alpha value is -3.27. The zero-order valence-electron chi connectivity index (χ0n) is 16.7. The van der Waals surface area contributed by atoms with Crippen LogP contribution in [-0.4, -0.2) is 19.7 Å². The summed E-state index contributed by atoms with van der Waals surface area (Å²) < 4.78 is 16.4. The number of carbonyl (C=O) groups excluding carboxylic acids is 1. The maximum Gasteiger partial charge on any atom is 0.305 e. The van der Waals surface area contributed by atoms with Crippen LogP contribution in [0.15, 0.2) is 78.9 Å². The largest absolute Gasteiger partial charge is 0.493 e. The summed E-state index contributed by atoms with van der Waals surface area (Å²) in [6, 6.07) is 26.1. The Kier molecular flexibility index (Phi) is 7.70. The third-order valence-corrected chi connectivity index (χ3v) is 4.58. The molecule has 0 amide bonds. The minimum atomic E-state index is -0.198. The van der Waals surface area contributed by atoms with E-state index in [2.05, 4.69) is 16.9 Å². The Balaban J connectivity index is 1.45. The molecule has 0 aliphatic carbocycles. The summed E-state index contributed by atoms with van der Waals surface area (Å²) in [6.07, 6.45) is 1.92. The first-order chi connectivity index (χ1) is 14.2. The number of ether oxygens (including phenoxy) is 3. The molecule has 0 aromatic heterocycles. The topological polar surface area (TPSA) is 44.8 Å². The number of rotatable bonds is 10. The van der Waals surface area contributed by atoms with Crippen molar-refractivity contribution in [3.63, 3.8) is 0 Å². The molecule has 0 atom stereocenters. The lowest BCUT2D eigenvalue weighted by molar-refractivity contribution is -0.140. The monoisotopic (exact) mass is 390 g/mol. The molecule has 3 rings (SSSR count). The van der Waals surface area contributed by atoms with Gasteiger partial charge < -0.3 is 14.2 Å². The summed E-state index contributed by atoms with van der Waals surface area (Å²) in [7, 11) is 1.41. The minimum Gasteiger partial charge on any atom is -0.493 e. The highest BCUT2D eigenvalue weighted by atomic mass is 16.5. The molecular weight excluding hydrogens is 364 g/mol. The van der Waals surface area contributed by atoms with Crippen molar-refractivity contribution in [2.45, 2.75) is 25.9 Å². The lowest BCUT2D eigenvalue weighted by atomic mass is 10.1. The third kappa shape index (κ3) is 7.00. The van der Waals surface area contributed by atoms with Gasteiger partial charge in [0.1, 0.15) is 18.1 Å². The van der Waals surface area contributed by atoms with E-state index in [9.17, 15) is 4.79 Å². The van der Waals surface area contributed by atoms with E-state index >= 15 is 0 Å². The normalized spacial score (nSPS) is 10.4. The van der Waals surface area contributed by atoms with Crippen LogP contribution in [0.5, 0.6) is 11.5 Å². The fraction of sp³-hybridized carbons (Fsp3) is 0.240. The first kappa shape index (κ1) is 20.5. The summed E-state index contributed by atoms with van der Waals surface area (Å²) in [5.74, 6) is 1.44. The van der Waals surface area contributed by atoms with Gasteiger partial charge >= 0.3 is 5.97 Å². The first-order valence-electron chi connectivity index (χ1n) is 9.77. The van der Waals surface area contributed by atoms with Gasteiger partial charge in [-0.1, -0.05) is 54.6 Å². The molecule has 4 heteroatoms. The quantitative estimate of drug-likeness (QED) is 0.457. The predicted molar refractivity (Wildman–Crippen MR) is 113 cm³/mol. The lowest BCUT2D eigenvalue weighted by Crippen LogP contribution is -2.02. The first-order valence-corrected chi connectivity index (χ1v) is 9.77. The molecular formula is C25H26O4. The van der Waals surface area contributed by atoms with Gasteiger partial charge in [-0.3, -0.25) is 4.79 Å². The summed E-state index contributed by atoms with van der Waals surface area (Å²) in [5, 5.41) is 0. The molecule has 0 heterocycles. The van der Waals surface area contributed by atoms with E-state index in [0.717, 1.165) is 29.0 Å². The SMILES string of the molecule is COC(=O)CCc1ccc(OCc2cccc(OCCc3ccccc3)c2)cc1. The van der Waals surface area contributed by atoms with Crippen molar-refractivity contribution >= 4 is 5.97 Å². The Labute approximate surface area is 172 Å². The molecule has 0 bridgehead atoms. The van der Waals surface area contributed by atoms with Gasteiger partial charge in [0.05, 0.1) is 13.7 Å². The molecule has 0 radical (unpaired) electrons. The molecule has 3 aromatic rings. The molecule has 3 aromatic carbocycles. The predicted octanol–water partition coefficient (Wildman–Crippen LogP) is 4.99. The number of methoxy groups -OCH3 is 1. The second kappa shape index (κ2) is 10.9. The van der Waals surface area contributed by atoms with Crippen LogP contribution in [0.3, 0.4) is 0 Å². The number of hydrogen-bond donors (Lipinski definition) is 0. The molecule has 0 saturated carbocycles. The molecule has 150 valence electrons. The number of carbonyl (C=O) groups is 1. The van der Waals surface area contributed by atoms with Crippen molar-refractivity contribution in [3.05, 3.63) is 95.6 Å². The van der Waals surface area contributed by atoms with Crippen molar-refractivity contribution in [1.29, 1.82) is 0 Å². The fourth-order valence-corrected chi connectivity index (χ4v) is 2.92. The summed E-state index contributed by atoms with van der Waals surface area (Å²) >= 11 is 0. The molecule has 0 saturated heterocycles. The zero-order valence-corrected chi connectivity index (χ0v) is 16.7. The van der Waals surface area contributed by atoms with Gasteiger partial charge in [0.2, 0.25) is 0 Å². The fourth-order valence-electron chi connectivity index (χ4n) is 2.92. The molecule has 0 aliphatic rings. The summed E-state index contributed by atoms with van der Waals surface area (Å²) in [6.45, 7) is 1.11. The van der Waals surface area contributed by atoms with E-state index in [-0.39, 0.29) is 5.97 Å². The highest BCUT2D eigenvalue weighted by Crippen LogP contribution is 2.18. The highest BCUT2D eigenvalue weighted by Gasteiger charge is 2.03. The van der Waals surface area contributed by atoms with Gasteiger partial charge in [0, 0.05) is 12.8 Å². The van der Waals surface area contributed by atoms with Crippen LogP contribution in [0.25, 0.3) is 0 Å². The van der Waals surface area contributed by atoms with E-state index in [4.69, 9.17) is 9.47 Å². The second-order valence-electron chi connectivity index (χ2n) is 6.74. The average Bonchev–Trinajstić information content (AvgIpc) is 2.78. The Morgan fingerprint density at radius 2 is 1.45 bits per heavy atom. The van der Waals surface area contributed by atoms with E-state index in [1.165, 1.54) is 12.7 Å². The molecule has 0 spiro atoms. The maximum absolute atomic E-state index is 11.2. The zero-order chi connectivity index (χ0) is 20.3. The second-order valence-corrected chi connectivity index (χ2v) is 6.74. The van der Waals surface area contributed by atoms with Crippen LogP contribution in [0.4, 0.5) is 0 Å². The van der Waals surface area contributed by atoms with Crippen molar-refractivity contribution in [1.82, 2.24) is 0 Å². The van der Waals surface area contributed by atoms with Gasteiger partial charge in [-0.25, -0.2) is 0 Å². The van der Waals surface area contributed by atoms with Gasteiger partial charge in [0.25, 0.3) is 0 Å². The average molecular weight is 390 g/mol. The number of benzene rings is 3. The third-order valence-electron chi connectivity index (χ3n) is 4.58. The molecule has 0 fully saturated rings. The van der Waals surface area contributed by atoms with Crippen LogP contribution < -0.4 is 9.47 Å². The summed E-state index contributed by atoms with van der Waals surface area (Å²) in [4.78, 5) is 11.2. The molecule has 0 unspecified atom stereocenters. The van der Waals surface area contributed by atoms with E-state index in [1.54, 1.807) is 0 Å². The Bertz CT molecular complexity index is 888. The molecule has 0 aliphatic heterocycles. The van der Waals surface area contributed by atoms with Gasteiger partial charge in [0.15, 0.2) is 0 Å². The van der Waals surface area contributed by atoms with Gasteiger partial charge in [-0.2, -0.15) is 0 Å². The van der Waals surface area contributed by atoms with Crippen LogP contribution in [-0.2, 0) is 29.0 Å². The van der Waals surface area contributed by atoms with E-state index in [0.29, 0.717) is 26.1 Å². The number of aryl methyl sites for hydroxylation is 1. The van der Waals surface area contributed by atoms with Crippen molar-refractivity contribution in [2.75, 3.05) is 13.7 Å². The van der Waals surface area contributed by atoms with Crippen LogP contribution in [0.2, 0.25) is 0 Å². The summed E-state index contributed by atoms with van der Waals surface area (Å²) in [5.41, 5.74) is 3.40. The van der Waals surface area contributed by atoms with Crippen molar-refractivity contribution in [3.8, 4) is 11.5 Å². The number of esters is 1. The van der Waals surface area contributed by atoms with Crippen molar-refractivity contribution < 1.29 is 19.0 Å². The number of hydrogen-bond acceptors (Lipinski definition) is 4. The maximum atomic E-state index is 11.2. The molecule has 0 N–H and O–H groups in total. The van der Waals surface area contributed by atoms with E-state index < -0.39 is 0 Å². The Morgan fingerprint density at radius 3 is 2.21 bits per heavy atom. The molecule has 29 heavy (non-hydrogen) atoms. The minimum absolute atomic E-state index is 0.198. The standard InChI is InChI=1S/C25H26O4/c1-27-25(26)15-12-21-10-13-23(14-11-21)29-19-22-8-5-9-24(18-22)28-17-16-20-6-3-2-4-7-20/h2-11,13-14,18H,12,15-17,19H2,1H3. The highest BCUT2D eigenvalue weighted by molar-refractivity contribution is 5.69.